The molecule has 2 amide bonds. The van der Waals surface area contributed by atoms with Gasteiger partial charge in [0.2, 0.25) is 0 Å². The van der Waals surface area contributed by atoms with Gasteiger partial charge in [-0.15, -0.1) is 0 Å². The summed E-state index contributed by atoms with van der Waals surface area (Å²) in [6, 6.07) is 3.52. The fourth-order valence-corrected chi connectivity index (χ4v) is 3.94. The molecule has 0 fully saturated rings. The molecule has 28 heavy (non-hydrogen) atoms. The number of halogens is 2. The van der Waals surface area contributed by atoms with E-state index in [1.807, 2.05) is 6.92 Å². The van der Waals surface area contributed by atoms with Gasteiger partial charge in [0.25, 0.3) is 11.8 Å². The molecule has 2 aliphatic heterocycles. The zero-order chi connectivity index (χ0) is 20.2. The Morgan fingerprint density at radius 2 is 2.04 bits per heavy atom. The Morgan fingerprint density at radius 3 is 2.71 bits per heavy atom. The molecule has 2 aromatic rings. The monoisotopic (exact) mass is 422 g/mol. The first-order valence-corrected chi connectivity index (χ1v) is 9.40. The van der Waals surface area contributed by atoms with E-state index in [0.717, 1.165) is 0 Å². The number of amides is 2. The summed E-state index contributed by atoms with van der Waals surface area (Å²) in [7, 11) is 0. The van der Waals surface area contributed by atoms with Gasteiger partial charge in [0, 0.05) is 23.6 Å². The third-order valence-electron chi connectivity index (χ3n) is 5.12. The first-order chi connectivity index (χ1) is 13.3. The lowest BCUT2D eigenvalue weighted by Crippen LogP contribution is -2.44. The minimum Gasteiger partial charge on any atom is -0.480 e. The molecule has 146 valence electrons. The number of fused-ring (bicyclic) bond motifs is 3. The van der Waals surface area contributed by atoms with Gasteiger partial charge in [-0.3, -0.25) is 9.59 Å². The molecule has 1 aromatic heterocycles. The van der Waals surface area contributed by atoms with Crippen LogP contribution in [0.3, 0.4) is 0 Å². The van der Waals surface area contributed by atoms with Crippen molar-refractivity contribution in [3.63, 3.8) is 0 Å². The molecule has 4 rings (SSSR count). The molecule has 0 saturated carbocycles. The number of aromatic nitrogens is 2. The first-order valence-electron chi connectivity index (χ1n) is 8.65. The normalized spacial score (nSPS) is 21.0. The summed E-state index contributed by atoms with van der Waals surface area (Å²) >= 11 is 12.0. The van der Waals surface area contributed by atoms with Crippen molar-refractivity contribution in [1.82, 2.24) is 20.0 Å². The fourth-order valence-electron chi connectivity index (χ4n) is 3.65. The van der Waals surface area contributed by atoms with Gasteiger partial charge in [-0.1, -0.05) is 23.2 Å². The molecule has 0 bridgehead atoms. The number of aliphatic carboxylic acids is 1. The predicted octanol–water partition coefficient (Wildman–Crippen LogP) is 2.15. The van der Waals surface area contributed by atoms with Gasteiger partial charge in [-0.05, 0) is 25.1 Å². The second-order valence-corrected chi connectivity index (χ2v) is 7.71. The number of carboxylic acid groups (broad SMARTS) is 1. The maximum atomic E-state index is 13.0. The highest BCUT2D eigenvalue weighted by atomic mass is 35.5. The smallest absolute Gasteiger partial charge is 0.330 e. The zero-order valence-corrected chi connectivity index (χ0v) is 16.3. The van der Waals surface area contributed by atoms with Crippen molar-refractivity contribution in [2.45, 2.75) is 32.0 Å². The Kier molecular flexibility index (Phi) is 4.55. The second kappa shape index (κ2) is 6.79. The minimum atomic E-state index is -1.07. The van der Waals surface area contributed by atoms with Gasteiger partial charge in [0.05, 0.1) is 28.8 Å². The van der Waals surface area contributed by atoms with E-state index >= 15 is 0 Å². The summed E-state index contributed by atoms with van der Waals surface area (Å²) in [5.41, 5.74) is 1.81. The lowest BCUT2D eigenvalue weighted by atomic mass is 9.97. The van der Waals surface area contributed by atoms with Crippen molar-refractivity contribution < 1.29 is 19.5 Å². The van der Waals surface area contributed by atoms with Crippen molar-refractivity contribution in [3.05, 3.63) is 50.8 Å². The van der Waals surface area contributed by atoms with Crippen LogP contribution in [0.4, 0.5) is 0 Å². The first kappa shape index (κ1) is 18.8. The maximum Gasteiger partial charge on any atom is 0.330 e. The van der Waals surface area contributed by atoms with Crippen LogP contribution in [0.15, 0.2) is 18.2 Å². The molecular weight excluding hydrogens is 407 g/mol. The van der Waals surface area contributed by atoms with Crippen LogP contribution >= 0.6 is 23.2 Å². The average molecular weight is 423 g/mol. The number of benzene rings is 1. The van der Waals surface area contributed by atoms with Crippen LogP contribution in [0.2, 0.25) is 10.0 Å². The number of nitrogens with zero attached hydrogens (tertiary/aromatic N) is 3. The predicted molar refractivity (Wildman–Crippen MR) is 101 cm³/mol. The van der Waals surface area contributed by atoms with Crippen molar-refractivity contribution in [1.29, 1.82) is 0 Å². The standard InChI is InChI=1S/C18H16Cl2N4O4/c1-8-4-13-10(15-16(25)21-6-14(18(27)28)24(15)22-13)7-23(8)17(26)9-2-3-11(19)12(20)5-9/h2-3,5,8,14H,4,6-7H2,1H3,(H,21,25)(H,27,28). The summed E-state index contributed by atoms with van der Waals surface area (Å²) in [5, 5.41) is 17.0. The van der Waals surface area contributed by atoms with Gasteiger partial charge in [0.1, 0.15) is 5.69 Å². The summed E-state index contributed by atoms with van der Waals surface area (Å²) in [6.45, 7) is 2.01. The third-order valence-corrected chi connectivity index (χ3v) is 5.86. The van der Waals surface area contributed by atoms with Gasteiger partial charge in [-0.2, -0.15) is 5.10 Å². The molecule has 2 aliphatic rings. The van der Waals surface area contributed by atoms with Crippen molar-refractivity contribution in [2.75, 3.05) is 6.54 Å². The van der Waals surface area contributed by atoms with E-state index in [1.54, 1.807) is 17.0 Å². The minimum absolute atomic E-state index is 0.0246. The van der Waals surface area contributed by atoms with Gasteiger partial charge in [-0.25, -0.2) is 9.48 Å². The van der Waals surface area contributed by atoms with Crippen molar-refractivity contribution >= 4 is 41.0 Å². The number of carboxylic acids is 1. The lowest BCUT2D eigenvalue weighted by Gasteiger charge is -2.33. The fraction of sp³-hybridized carbons (Fsp3) is 0.333. The molecule has 1 aromatic carbocycles. The largest absolute Gasteiger partial charge is 0.480 e. The van der Waals surface area contributed by atoms with Gasteiger partial charge in [0.15, 0.2) is 6.04 Å². The van der Waals surface area contributed by atoms with E-state index in [9.17, 15) is 19.5 Å². The molecule has 8 nitrogen and oxygen atoms in total. The van der Waals surface area contributed by atoms with Crippen molar-refractivity contribution in [2.24, 2.45) is 0 Å². The van der Waals surface area contributed by atoms with Crippen LogP contribution in [-0.2, 0) is 17.8 Å². The molecule has 0 radical (unpaired) electrons. The summed E-state index contributed by atoms with van der Waals surface area (Å²) in [5.74, 6) is -1.71. The summed E-state index contributed by atoms with van der Waals surface area (Å²) < 4.78 is 1.27. The molecule has 2 atom stereocenters. The van der Waals surface area contributed by atoms with E-state index in [4.69, 9.17) is 23.2 Å². The van der Waals surface area contributed by atoms with E-state index in [-0.39, 0.29) is 41.7 Å². The third kappa shape index (κ3) is 2.93. The van der Waals surface area contributed by atoms with E-state index in [2.05, 4.69) is 10.4 Å². The van der Waals surface area contributed by atoms with Crippen LogP contribution in [-0.4, -0.2) is 50.2 Å². The zero-order valence-electron chi connectivity index (χ0n) is 14.8. The molecule has 2 unspecified atom stereocenters. The number of nitrogens with one attached hydrogen (secondary N) is 1. The van der Waals surface area contributed by atoms with E-state index in [1.165, 1.54) is 10.7 Å². The Hall–Kier alpha value is -2.58. The SMILES string of the molecule is CC1Cc2nn3c(c2CN1C(=O)c1ccc(Cl)c(Cl)c1)C(=O)NCC3C(=O)O. The second-order valence-electron chi connectivity index (χ2n) is 6.90. The van der Waals surface area contributed by atoms with Gasteiger partial charge >= 0.3 is 5.97 Å². The Morgan fingerprint density at radius 1 is 1.29 bits per heavy atom. The van der Waals surface area contributed by atoms with E-state index in [0.29, 0.717) is 28.3 Å². The maximum absolute atomic E-state index is 13.0. The van der Waals surface area contributed by atoms with Crippen LogP contribution in [0.5, 0.6) is 0 Å². The van der Waals surface area contributed by atoms with E-state index < -0.39 is 12.0 Å². The Labute approximate surface area is 170 Å². The highest BCUT2D eigenvalue weighted by molar-refractivity contribution is 6.42. The molecule has 0 saturated heterocycles. The molecule has 0 spiro atoms. The number of rotatable bonds is 2. The summed E-state index contributed by atoms with van der Waals surface area (Å²) in [6.07, 6.45) is 0.419. The number of hydrogen-bond donors (Lipinski definition) is 2. The Balaban J connectivity index is 1.72. The van der Waals surface area contributed by atoms with Crippen molar-refractivity contribution in [3.8, 4) is 0 Å². The highest BCUT2D eigenvalue weighted by Gasteiger charge is 2.39. The molecule has 0 aliphatic carbocycles. The van der Waals surface area contributed by atoms with Crippen LogP contribution in [0.1, 0.15) is 45.1 Å². The Bertz CT molecular complexity index is 1020. The lowest BCUT2D eigenvalue weighted by molar-refractivity contribution is -0.141. The number of carbonyl (C=O) groups excluding carboxylic acids is 2. The number of carbonyl (C=O) groups is 3. The average Bonchev–Trinajstić information content (AvgIpc) is 3.01. The van der Waals surface area contributed by atoms with Gasteiger partial charge < -0.3 is 15.3 Å². The van der Waals surface area contributed by atoms with Crippen LogP contribution in [0.25, 0.3) is 0 Å². The number of hydrogen-bond acceptors (Lipinski definition) is 4. The molecule has 10 heteroatoms. The topological polar surface area (TPSA) is 105 Å². The molecule has 3 heterocycles. The molecule has 2 N–H and O–H groups in total. The highest BCUT2D eigenvalue weighted by Crippen LogP contribution is 2.31. The summed E-state index contributed by atoms with van der Waals surface area (Å²) in [4.78, 5) is 38.6. The van der Waals surface area contributed by atoms with Crippen LogP contribution < -0.4 is 5.32 Å². The van der Waals surface area contributed by atoms with Crippen LogP contribution in [0, 0.1) is 0 Å². The quantitative estimate of drug-likeness (QED) is 0.771. The molecular formula is C18H16Cl2N4O4.